The fourth-order valence-corrected chi connectivity index (χ4v) is 2.70. The number of nitrogens with one attached hydrogen (secondary N) is 1. The van der Waals surface area contributed by atoms with Crippen LogP contribution in [-0.4, -0.2) is 62.8 Å². The highest BCUT2D eigenvalue weighted by Crippen LogP contribution is 2.39. The summed E-state index contributed by atoms with van der Waals surface area (Å²) in [5, 5.41) is 10.8. The Morgan fingerprint density at radius 1 is 1.35 bits per heavy atom. The van der Waals surface area contributed by atoms with Crippen LogP contribution in [0.5, 0.6) is 0 Å². The fraction of sp³-hybridized carbons (Fsp3) is 0.571. The lowest BCUT2D eigenvalue weighted by atomic mass is 9.96. The summed E-state index contributed by atoms with van der Waals surface area (Å²) in [5.41, 5.74) is -3.38. The maximum absolute atomic E-state index is 12.0. The molecule has 0 bridgehead atoms. The first-order valence-corrected chi connectivity index (χ1v) is 8.44. The molecule has 0 radical (unpaired) electrons. The van der Waals surface area contributed by atoms with Crippen LogP contribution in [0.2, 0.25) is 0 Å². The number of hydrogen-bond acceptors (Lipinski definition) is 8. The summed E-state index contributed by atoms with van der Waals surface area (Å²) in [7, 11) is 0. The smallest absolute Gasteiger partial charge is 0.330 e. The number of halogens is 2. The van der Waals surface area contributed by atoms with Gasteiger partial charge in [0.05, 0.1) is 0 Å². The Bertz CT molecular complexity index is 790. The molecule has 1 aliphatic heterocycles. The SMILES string of the molecule is C[C@@]1(O)C(n2ccc(=O)[nH]c2=O)OC(COC(=O)CCl)[C@H]1OC(=O)CCl. The lowest BCUT2D eigenvalue weighted by Gasteiger charge is -2.29. The third-order valence-electron chi connectivity index (χ3n) is 3.71. The van der Waals surface area contributed by atoms with Crippen LogP contribution in [0, 0.1) is 0 Å². The van der Waals surface area contributed by atoms with Crippen LogP contribution in [0.25, 0.3) is 0 Å². The number of aromatic amines is 1. The molecular weight excluding hydrogens is 395 g/mol. The standard InChI is InChI=1S/C14H16Cl2N2O8/c1-14(23)11(26-10(21)5-16)7(6-24-9(20)4-15)25-12(14)18-3-2-8(19)17-13(18)22/h2-3,7,11-12,23H,4-6H2,1H3,(H,17,19,22)/t7?,11-,12?,14+/m1/s1. The summed E-state index contributed by atoms with van der Waals surface area (Å²) in [5.74, 6) is -2.48. The highest BCUT2D eigenvalue weighted by atomic mass is 35.5. The summed E-state index contributed by atoms with van der Waals surface area (Å²) in [6, 6.07) is 1.06. The molecule has 1 aliphatic rings. The summed E-state index contributed by atoms with van der Waals surface area (Å²) < 4.78 is 16.5. The molecule has 1 aromatic heterocycles. The van der Waals surface area contributed by atoms with E-state index in [1.165, 1.54) is 6.92 Å². The molecule has 1 fully saturated rings. The molecule has 0 aromatic carbocycles. The summed E-state index contributed by atoms with van der Waals surface area (Å²) in [6.45, 7) is 0.876. The van der Waals surface area contributed by atoms with Crippen LogP contribution >= 0.6 is 23.2 Å². The number of hydrogen-bond donors (Lipinski definition) is 2. The molecule has 0 saturated carbocycles. The van der Waals surface area contributed by atoms with Crippen molar-refractivity contribution in [2.75, 3.05) is 18.4 Å². The highest BCUT2D eigenvalue weighted by Gasteiger charge is 2.56. The Balaban J connectivity index is 2.35. The number of ether oxygens (including phenoxy) is 3. The van der Waals surface area contributed by atoms with Crippen molar-refractivity contribution in [2.24, 2.45) is 0 Å². The monoisotopic (exact) mass is 410 g/mol. The Hall–Kier alpha value is -1.88. The van der Waals surface area contributed by atoms with E-state index < -0.39 is 65.6 Å². The second-order valence-electron chi connectivity index (χ2n) is 5.63. The predicted molar refractivity (Wildman–Crippen MR) is 88.1 cm³/mol. The molecule has 1 saturated heterocycles. The zero-order chi connectivity index (χ0) is 19.5. The van der Waals surface area contributed by atoms with Gasteiger partial charge in [-0.25, -0.2) is 4.79 Å². The molecule has 2 heterocycles. The first-order valence-electron chi connectivity index (χ1n) is 7.37. The Morgan fingerprint density at radius 3 is 2.58 bits per heavy atom. The van der Waals surface area contributed by atoms with Crippen LogP contribution in [-0.2, 0) is 23.8 Å². The van der Waals surface area contributed by atoms with E-state index in [4.69, 9.17) is 37.4 Å². The van der Waals surface area contributed by atoms with Crippen LogP contribution in [0.15, 0.2) is 21.9 Å². The van der Waals surface area contributed by atoms with Crippen molar-refractivity contribution in [3.05, 3.63) is 33.1 Å². The molecule has 12 heteroatoms. The van der Waals surface area contributed by atoms with Gasteiger partial charge in [0.1, 0.15) is 30.1 Å². The Morgan fingerprint density at radius 2 is 2.00 bits per heavy atom. The molecule has 0 amide bonds. The summed E-state index contributed by atoms with van der Waals surface area (Å²) >= 11 is 10.8. The quantitative estimate of drug-likeness (QED) is 0.455. The lowest BCUT2D eigenvalue weighted by Crippen LogP contribution is -2.49. The number of esters is 2. The first-order chi connectivity index (χ1) is 12.2. The van der Waals surface area contributed by atoms with Gasteiger partial charge in [-0.2, -0.15) is 0 Å². The van der Waals surface area contributed by atoms with E-state index in [2.05, 4.69) is 0 Å². The maximum Gasteiger partial charge on any atom is 0.330 e. The van der Waals surface area contributed by atoms with Crippen LogP contribution in [0.3, 0.4) is 0 Å². The number of H-pyrrole nitrogens is 1. The van der Waals surface area contributed by atoms with Gasteiger partial charge < -0.3 is 19.3 Å². The second kappa shape index (κ2) is 8.21. The molecule has 2 rings (SSSR count). The molecule has 2 N–H and O–H groups in total. The van der Waals surface area contributed by atoms with E-state index in [0.717, 1.165) is 16.8 Å². The van der Waals surface area contributed by atoms with Gasteiger partial charge in [0.15, 0.2) is 12.3 Å². The molecule has 26 heavy (non-hydrogen) atoms. The van der Waals surface area contributed by atoms with Gasteiger partial charge in [0, 0.05) is 12.3 Å². The number of rotatable bonds is 6. The molecule has 1 aromatic rings. The van der Waals surface area contributed by atoms with Gasteiger partial charge in [-0.1, -0.05) is 0 Å². The van der Waals surface area contributed by atoms with E-state index in [1.807, 2.05) is 4.98 Å². The van der Waals surface area contributed by atoms with Gasteiger partial charge in [0.2, 0.25) is 0 Å². The number of carbonyl (C=O) groups excluding carboxylic acids is 2. The molecule has 0 spiro atoms. The molecule has 10 nitrogen and oxygen atoms in total. The number of aromatic nitrogens is 2. The fourth-order valence-electron chi connectivity index (χ4n) is 2.56. The number of carbonyl (C=O) groups is 2. The largest absolute Gasteiger partial charge is 0.462 e. The average molecular weight is 411 g/mol. The van der Waals surface area contributed by atoms with Crippen LogP contribution in [0.1, 0.15) is 13.2 Å². The lowest BCUT2D eigenvalue weighted by molar-refractivity contribution is -0.162. The minimum Gasteiger partial charge on any atom is -0.462 e. The van der Waals surface area contributed by atoms with Crippen molar-refractivity contribution in [3.8, 4) is 0 Å². The van der Waals surface area contributed by atoms with E-state index in [0.29, 0.717) is 0 Å². The maximum atomic E-state index is 12.0. The topological polar surface area (TPSA) is 137 Å². The average Bonchev–Trinajstić information content (AvgIpc) is 2.83. The molecular formula is C14H16Cl2N2O8. The summed E-state index contributed by atoms with van der Waals surface area (Å²) in [6.07, 6.45) is -2.62. The van der Waals surface area contributed by atoms with Crippen molar-refractivity contribution in [2.45, 2.75) is 31.0 Å². The van der Waals surface area contributed by atoms with Gasteiger partial charge in [-0.15, -0.1) is 23.2 Å². The molecule has 0 aliphatic carbocycles. The zero-order valence-corrected chi connectivity index (χ0v) is 15.0. The van der Waals surface area contributed by atoms with E-state index in [-0.39, 0.29) is 0 Å². The van der Waals surface area contributed by atoms with Gasteiger partial charge in [-0.3, -0.25) is 23.9 Å². The minimum atomic E-state index is -1.90. The molecule has 144 valence electrons. The van der Waals surface area contributed by atoms with Gasteiger partial charge in [-0.05, 0) is 6.92 Å². The number of aliphatic hydroxyl groups is 1. The van der Waals surface area contributed by atoms with Crippen molar-refractivity contribution >= 4 is 35.1 Å². The molecule has 2 unspecified atom stereocenters. The number of alkyl halides is 2. The Labute approximate surface area is 156 Å². The van der Waals surface area contributed by atoms with Crippen LogP contribution < -0.4 is 11.2 Å². The third-order valence-corrected chi connectivity index (χ3v) is 4.14. The van der Waals surface area contributed by atoms with Crippen molar-refractivity contribution in [1.82, 2.24) is 9.55 Å². The Kier molecular flexibility index (Phi) is 6.45. The van der Waals surface area contributed by atoms with E-state index >= 15 is 0 Å². The minimum absolute atomic E-state index is 0.392. The normalized spacial score (nSPS) is 27.9. The zero-order valence-electron chi connectivity index (χ0n) is 13.5. The molecule has 4 atom stereocenters. The number of nitrogens with zero attached hydrogens (tertiary/aromatic N) is 1. The van der Waals surface area contributed by atoms with Crippen molar-refractivity contribution in [1.29, 1.82) is 0 Å². The van der Waals surface area contributed by atoms with Crippen molar-refractivity contribution < 1.29 is 28.9 Å². The van der Waals surface area contributed by atoms with Gasteiger partial charge in [0.25, 0.3) is 5.56 Å². The summed E-state index contributed by atoms with van der Waals surface area (Å²) in [4.78, 5) is 48.1. The second-order valence-corrected chi connectivity index (χ2v) is 6.17. The van der Waals surface area contributed by atoms with Crippen molar-refractivity contribution in [3.63, 3.8) is 0 Å². The third kappa shape index (κ3) is 4.26. The highest BCUT2D eigenvalue weighted by molar-refractivity contribution is 6.26. The van der Waals surface area contributed by atoms with Crippen LogP contribution in [0.4, 0.5) is 0 Å². The predicted octanol–water partition coefficient (Wildman–Crippen LogP) is -0.882. The van der Waals surface area contributed by atoms with E-state index in [1.54, 1.807) is 0 Å². The first kappa shape index (κ1) is 20.4. The van der Waals surface area contributed by atoms with E-state index in [9.17, 15) is 24.3 Å². The van der Waals surface area contributed by atoms with Gasteiger partial charge >= 0.3 is 17.6 Å².